The van der Waals surface area contributed by atoms with Gasteiger partial charge in [-0.3, -0.25) is 14.5 Å². The number of nitrogens with one attached hydrogen (secondary N) is 1. The molecule has 1 amide bonds. The van der Waals surface area contributed by atoms with Crippen LogP contribution in [0, 0.1) is 12.8 Å². The number of hydrogen-bond acceptors (Lipinski definition) is 7. The van der Waals surface area contributed by atoms with E-state index in [4.69, 9.17) is 11.5 Å². The van der Waals surface area contributed by atoms with Crippen molar-refractivity contribution in [1.29, 1.82) is 0 Å². The van der Waals surface area contributed by atoms with E-state index >= 15 is 0 Å². The number of benzene rings is 1. The van der Waals surface area contributed by atoms with Crippen molar-refractivity contribution < 1.29 is 4.79 Å². The van der Waals surface area contributed by atoms with Crippen LogP contribution in [0.5, 0.6) is 0 Å². The van der Waals surface area contributed by atoms with Crippen LogP contribution in [0.3, 0.4) is 0 Å². The minimum absolute atomic E-state index is 0.0671. The number of amides is 1. The van der Waals surface area contributed by atoms with Gasteiger partial charge in [-0.1, -0.05) is 0 Å². The molecule has 9 nitrogen and oxygen atoms in total. The smallest absolute Gasteiger partial charge is 0.229 e. The summed E-state index contributed by atoms with van der Waals surface area (Å²) in [6.45, 7) is 1.94. The zero-order valence-corrected chi connectivity index (χ0v) is 17.2. The number of aryl methyl sites for hydroxylation is 1. The van der Waals surface area contributed by atoms with Gasteiger partial charge in [-0.25, -0.2) is 0 Å². The van der Waals surface area contributed by atoms with Crippen molar-refractivity contribution >= 4 is 34.0 Å². The van der Waals surface area contributed by atoms with Crippen LogP contribution in [0.15, 0.2) is 43.0 Å². The van der Waals surface area contributed by atoms with Crippen LogP contribution < -0.4 is 16.8 Å². The zero-order chi connectivity index (χ0) is 21.7. The Morgan fingerprint density at radius 1 is 1.13 bits per heavy atom. The summed E-state index contributed by atoms with van der Waals surface area (Å²) < 4.78 is 1.75. The molecule has 9 heteroatoms. The van der Waals surface area contributed by atoms with Gasteiger partial charge in [0.2, 0.25) is 5.91 Å². The second-order valence-electron chi connectivity index (χ2n) is 8.02. The average Bonchev–Trinajstić information content (AvgIpc) is 3.43. The van der Waals surface area contributed by atoms with E-state index in [1.165, 1.54) is 0 Å². The molecule has 1 aromatic carbocycles. The van der Waals surface area contributed by atoms with Crippen molar-refractivity contribution in [2.24, 2.45) is 13.0 Å². The van der Waals surface area contributed by atoms with Crippen LogP contribution in [0.4, 0.5) is 17.2 Å². The highest BCUT2D eigenvalue weighted by Gasteiger charge is 2.44. The van der Waals surface area contributed by atoms with Gasteiger partial charge in [0.1, 0.15) is 5.52 Å². The third-order valence-corrected chi connectivity index (χ3v) is 5.82. The normalized spacial score (nSPS) is 17.6. The molecule has 156 valence electrons. The molecule has 31 heavy (non-hydrogen) atoms. The Morgan fingerprint density at radius 3 is 2.74 bits per heavy atom. The number of hydrogen-bond donors (Lipinski definition) is 3. The summed E-state index contributed by atoms with van der Waals surface area (Å²) in [4.78, 5) is 16.9. The third kappa shape index (κ3) is 3.43. The first kappa shape index (κ1) is 19.0. The number of nitrogen functional groups attached to an aromatic ring is 2. The van der Waals surface area contributed by atoms with E-state index in [1.54, 1.807) is 23.1 Å². The highest BCUT2D eigenvalue weighted by Crippen LogP contribution is 2.47. The molecule has 2 atom stereocenters. The number of pyridine rings is 1. The maximum absolute atomic E-state index is 12.7. The number of carbonyl (C=O) groups excluding carboxylic acids is 1. The molecular weight excluding hydrogens is 392 g/mol. The first-order chi connectivity index (χ1) is 14.9. The number of fused-ring (bicyclic) bond motifs is 1. The summed E-state index contributed by atoms with van der Waals surface area (Å²) in [5, 5.41) is 16.2. The van der Waals surface area contributed by atoms with E-state index in [0.717, 1.165) is 34.1 Å². The SMILES string of the molecule is Cc1c(N)cncc1-c1cc(N)c2nnc(NC(=O)[C@@H]3CC3c3cnn(C)c3)cc2c1. The van der Waals surface area contributed by atoms with Crippen molar-refractivity contribution in [2.75, 3.05) is 16.8 Å². The summed E-state index contributed by atoms with van der Waals surface area (Å²) in [6.07, 6.45) is 7.95. The zero-order valence-electron chi connectivity index (χ0n) is 17.2. The molecule has 3 aromatic heterocycles. The summed E-state index contributed by atoms with van der Waals surface area (Å²) >= 11 is 0. The third-order valence-electron chi connectivity index (χ3n) is 5.82. The Balaban J connectivity index is 1.42. The highest BCUT2D eigenvalue weighted by molar-refractivity contribution is 5.98. The Morgan fingerprint density at radius 2 is 1.97 bits per heavy atom. The number of aromatic nitrogens is 5. The van der Waals surface area contributed by atoms with Crippen LogP contribution in [-0.2, 0) is 11.8 Å². The molecule has 1 unspecified atom stereocenters. The Labute approximate surface area is 178 Å². The lowest BCUT2D eigenvalue weighted by atomic mass is 9.99. The van der Waals surface area contributed by atoms with Gasteiger partial charge in [0, 0.05) is 36.3 Å². The van der Waals surface area contributed by atoms with E-state index < -0.39 is 0 Å². The first-order valence-corrected chi connectivity index (χ1v) is 9.97. The molecule has 1 aliphatic carbocycles. The second-order valence-corrected chi connectivity index (χ2v) is 8.02. The minimum atomic E-state index is -0.0841. The first-order valence-electron chi connectivity index (χ1n) is 9.97. The van der Waals surface area contributed by atoms with E-state index in [9.17, 15) is 4.79 Å². The van der Waals surface area contributed by atoms with E-state index in [2.05, 4.69) is 25.6 Å². The predicted octanol–water partition coefficient (Wildman–Crippen LogP) is 2.64. The fourth-order valence-electron chi connectivity index (χ4n) is 3.94. The van der Waals surface area contributed by atoms with E-state index in [1.807, 2.05) is 38.5 Å². The lowest BCUT2D eigenvalue weighted by molar-refractivity contribution is -0.117. The number of carbonyl (C=O) groups is 1. The minimum Gasteiger partial charge on any atom is -0.397 e. The topological polar surface area (TPSA) is 138 Å². The van der Waals surface area contributed by atoms with Gasteiger partial charge in [0.25, 0.3) is 0 Å². The van der Waals surface area contributed by atoms with Gasteiger partial charge in [0.15, 0.2) is 5.82 Å². The summed E-state index contributed by atoms with van der Waals surface area (Å²) in [6, 6.07) is 5.58. The molecule has 0 saturated heterocycles. The maximum atomic E-state index is 12.7. The van der Waals surface area contributed by atoms with Gasteiger partial charge in [-0.2, -0.15) is 5.10 Å². The summed E-state index contributed by atoms with van der Waals surface area (Å²) in [7, 11) is 1.87. The van der Waals surface area contributed by atoms with Crippen LogP contribution in [0.2, 0.25) is 0 Å². The van der Waals surface area contributed by atoms with Gasteiger partial charge in [-0.05, 0) is 54.2 Å². The van der Waals surface area contributed by atoms with Crippen molar-refractivity contribution in [3.05, 3.63) is 54.1 Å². The van der Waals surface area contributed by atoms with E-state index in [-0.39, 0.29) is 17.7 Å². The fraction of sp³-hybridized carbons (Fsp3) is 0.227. The molecule has 1 saturated carbocycles. The van der Waals surface area contributed by atoms with Gasteiger partial charge >= 0.3 is 0 Å². The molecule has 5 N–H and O–H groups in total. The summed E-state index contributed by atoms with van der Waals surface area (Å²) in [5.74, 6) is 0.443. The van der Waals surface area contributed by atoms with Crippen LogP contribution >= 0.6 is 0 Å². The lowest BCUT2D eigenvalue weighted by Crippen LogP contribution is -2.16. The molecule has 3 heterocycles. The fourth-order valence-corrected chi connectivity index (χ4v) is 3.94. The van der Waals surface area contributed by atoms with Crippen molar-refractivity contribution in [2.45, 2.75) is 19.3 Å². The van der Waals surface area contributed by atoms with Crippen LogP contribution in [0.25, 0.3) is 22.0 Å². The quantitative estimate of drug-likeness (QED) is 0.436. The molecule has 0 radical (unpaired) electrons. The number of nitrogens with zero attached hydrogens (tertiary/aromatic N) is 5. The lowest BCUT2D eigenvalue weighted by Gasteiger charge is -2.11. The maximum Gasteiger partial charge on any atom is 0.229 e. The Kier molecular flexibility index (Phi) is 4.32. The number of nitrogens with two attached hydrogens (primary N) is 2. The van der Waals surface area contributed by atoms with Crippen LogP contribution in [-0.4, -0.2) is 30.9 Å². The Bertz CT molecular complexity index is 1330. The molecular formula is C22H22N8O. The highest BCUT2D eigenvalue weighted by atomic mass is 16.2. The van der Waals surface area contributed by atoms with E-state index in [0.29, 0.717) is 22.7 Å². The summed E-state index contributed by atoms with van der Waals surface area (Å²) in [5.41, 5.74) is 17.7. The second kappa shape index (κ2) is 7.05. The molecule has 1 fully saturated rings. The number of anilines is 3. The number of rotatable bonds is 4. The van der Waals surface area contributed by atoms with Gasteiger partial charge in [0.05, 0.1) is 23.8 Å². The standard InChI is InChI=1S/C22H22N8O/c1-11-17(8-25-9-19(11)24)12-3-13-5-20(28-29-21(13)18(23)4-12)27-22(31)16-6-15(16)14-7-26-30(2)10-14/h3-5,7-10,15-16H,6,23-24H2,1-2H3,(H,27,28,31)/t15?,16-/m1/s1. The monoisotopic (exact) mass is 414 g/mol. The van der Waals surface area contributed by atoms with Gasteiger partial charge in [-0.15, -0.1) is 10.2 Å². The molecule has 1 aliphatic rings. The molecule has 4 aromatic rings. The van der Waals surface area contributed by atoms with Crippen molar-refractivity contribution in [3.63, 3.8) is 0 Å². The van der Waals surface area contributed by atoms with Crippen molar-refractivity contribution in [1.82, 2.24) is 25.0 Å². The van der Waals surface area contributed by atoms with Gasteiger partial charge < -0.3 is 16.8 Å². The molecule has 0 aliphatic heterocycles. The average molecular weight is 414 g/mol. The predicted molar refractivity (Wildman–Crippen MR) is 119 cm³/mol. The van der Waals surface area contributed by atoms with Crippen molar-refractivity contribution in [3.8, 4) is 11.1 Å². The molecule has 0 bridgehead atoms. The largest absolute Gasteiger partial charge is 0.397 e. The molecule has 5 rings (SSSR count). The Hall–Kier alpha value is -4.01. The van der Waals surface area contributed by atoms with Crippen LogP contribution in [0.1, 0.15) is 23.5 Å². The molecule has 0 spiro atoms.